The van der Waals surface area contributed by atoms with Crippen molar-refractivity contribution in [3.63, 3.8) is 0 Å². The smallest absolute Gasteiger partial charge is 0.326 e. The third kappa shape index (κ3) is 26.7. The van der Waals surface area contributed by atoms with E-state index in [0.29, 0.717) is 18.4 Å². The highest BCUT2D eigenvalue weighted by Gasteiger charge is 2.36. The van der Waals surface area contributed by atoms with E-state index >= 15 is 0 Å². The summed E-state index contributed by atoms with van der Waals surface area (Å²) >= 11 is 0. The number of benzene rings is 1. The molecule has 0 saturated heterocycles. The molecule has 28 nitrogen and oxygen atoms in total. The van der Waals surface area contributed by atoms with E-state index < -0.39 is 169 Å². The number of carbonyl (C=O) groups excluding carboxylic acids is 9. The van der Waals surface area contributed by atoms with E-state index in [-0.39, 0.29) is 44.1 Å². The van der Waals surface area contributed by atoms with Crippen LogP contribution in [0, 0.1) is 17.8 Å². The summed E-state index contributed by atoms with van der Waals surface area (Å²) in [6.07, 6.45) is -4.67. The van der Waals surface area contributed by atoms with E-state index in [1.807, 2.05) is 0 Å². The van der Waals surface area contributed by atoms with Crippen LogP contribution in [0.25, 0.3) is 0 Å². The standard InChI is InChI=1S/C51H83N11O17/c1-25(2)20-33(57-47(74)34(21-26(3)4)59-49(76)40(53)28(7)63)46(73)56-32(17-18-38(66)67)44(71)58-36(23-39(68)69)43(70)54-24-37(65)61-42(29(8)64)50(77)60-35(22-30-14-10-9-11-15-30)48(75)55-31(16-12-13-19-52)45(72)62-41(27(5)6)51(78)79/h9-11,14-15,25-29,31-36,40-42,63-64H,12-13,16-24,52-53H2,1-8H3,(H,54,70)(H,55,75)(H,56,73)(H,57,74)(H,58,71)(H,59,76)(H,60,77)(H,61,65)(H,62,72)(H,66,67)(H,68,69)(H,78,79)/t28-,29-,31+,32+,33+,34+,35+,36+,40+,41+,42+/m1/s1. The van der Waals surface area contributed by atoms with E-state index in [0.717, 1.165) is 6.92 Å². The molecule has 11 atom stereocenters. The van der Waals surface area contributed by atoms with Crippen LogP contribution in [-0.2, 0) is 64.0 Å². The Morgan fingerprint density at radius 2 is 0.962 bits per heavy atom. The second kappa shape index (κ2) is 35.3. The Kier molecular flexibility index (Phi) is 31.1. The van der Waals surface area contributed by atoms with Crippen LogP contribution in [0.4, 0.5) is 0 Å². The Labute approximate surface area is 458 Å². The molecule has 28 heteroatoms. The van der Waals surface area contributed by atoms with E-state index in [2.05, 4.69) is 47.9 Å². The van der Waals surface area contributed by atoms with Gasteiger partial charge in [0.2, 0.25) is 53.2 Å². The normalized spacial score (nSPS) is 15.4. The second-order valence-electron chi connectivity index (χ2n) is 20.5. The lowest BCUT2D eigenvalue weighted by Crippen LogP contribution is -2.61. The van der Waals surface area contributed by atoms with Crippen molar-refractivity contribution in [3.8, 4) is 0 Å². The van der Waals surface area contributed by atoms with Crippen molar-refractivity contribution in [3.05, 3.63) is 35.9 Å². The van der Waals surface area contributed by atoms with Crippen molar-refractivity contribution in [2.24, 2.45) is 29.2 Å². The van der Waals surface area contributed by atoms with Gasteiger partial charge in [-0.25, -0.2) is 4.79 Å². The number of carboxylic acids is 3. The molecule has 0 fully saturated rings. The quantitative estimate of drug-likeness (QED) is 0.0289. The van der Waals surface area contributed by atoms with Crippen LogP contribution in [-0.4, -0.2) is 176 Å². The number of carbonyl (C=O) groups is 12. The van der Waals surface area contributed by atoms with Gasteiger partial charge in [-0.15, -0.1) is 0 Å². The number of unbranched alkanes of at least 4 members (excludes halogenated alkanes) is 1. The zero-order chi connectivity index (χ0) is 60.3. The first kappa shape index (κ1) is 69.7. The number of hydrogen-bond donors (Lipinski definition) is 16. The first-order valence-corrected chi connectivity index (χ1v) is 26.1. The van der Waals surface area contributed by atoms with Gasteiger partial charge in [0.25, 0.3) is 0 Å². The summed E-state index contributed by atoms with van der Waals surface area (Å²) in [5.41, 5.74) is 11.9. The van der Waals surface area contributed by atoms with Gasteiger partial charge in [-0.3, -0.25) is 52.7 Å². The lowest BCUT2D eigenvalue weighted by atomic mass is 9.99. The summed E-state index contributed by atoms with van der Waals surface area (Å²) in [6.45, 7) is 11.7. The Balaban J connectivity index is 3.37. The van der Waals surface area contributed by atoms with Crippen LogP contribution >= 0.6 is 0 Å². The van der Waals surface area contributed by atoms with Crippen LogP contribution in [0.5, 0.6) is 0 Å². The van der Waals surface area contributed by atoms with Gasteiger partial charge < -0.3 is 84.9 Å². The summed E-state index contributed by atoms with van der Waals surface area (Å²) < 4.78 is 0. The van der Waals surface area contributed by atoms with Crippen LogP contribution in [0.15, 0.2) is 30.3 Å². The monoisotopic (exact) mass is 1120 g/mol. The first-order valence-electron chi connectivity index (χ1n) is 26.1. The van der Waals surface area contributed by atoms with Crippen LogP contribution in [0.1, 0.15) is 112 Å². The molecule has 0 aliphatic carbocycles. The summed E-state index contributed by atoms with van der Waals surface area (Å²) in [5.74, 6) is -14.5. The van der Waals surface area contributed by atoms with Gasteiger partial charge in [0, 0.05) is 12.8 Å². The van der Waals surface area contributed by atoms with E-state index in [1.54, 1.807) is 71.9 Å². The lowest BCUT2D eigenvalue weighted by molar-refractivity contribution is -0.143. The number of aliphatic hydroxyl groups excluding tert-OH is 2. The minimum absolute atomic E-state index is 0.0371. The molecule has 0 radical (unpaired) electrons. The first-order chi connectivity index (χ1) is 36.9. The summed E-state index contributed by atoms with van der Waals surface area (Å²) in [5, 5.41) is 70.7. The largest absolute Gasteiger partial charge is 0.481 e. The number of nitrogens with two attached hydrogens (primary N) is 2. The highest BCUT2D eigenvalue weighted by atomic mass is 16.4. The maximum atomic E-state index is 14.0. The van der Waals surface area contributed by atoms with Gasteiger partial charge in [0.15, 0.2) is 0 Å². The molecule has 1 aromatic rings. The minimum Gasteiger partial charge on any atom is -0.481 e. The SMILES string of the molecule is CC(C)C[C@H](NC(=O)[C@H](CC(C)C)NC(=O)[C@@H](N)[C@@H](C)O)C(=O)N[C@@H](CCC(=O)O)C(=O)N[C@@H](CC(=O)O)C(=O)NCC(=O)N[C@H](C(=O)N[C@@H](Cc1ccccc1)C(=O)N[C@@H](CCCCN)C(=O)N[C@H](C(=O)O)C(C)C)[C@@H](C)O. The van der Waals surface area contributed by atoms with Gasteiger partial charge in [-0.05, 0) is 82.2 Å². The number of nitrogens with one attached hydrogen (secondary N) is 9. The summed E-state index contributed by atoms with van der Waals surface area (Å²) in [6, 6.07) is -5.33. The average molecular weight is 1120 g/mol. The van der Waals surface area contributed by atoms with Crippen molar-refractivity contribution < 1.29 is 83.1 Å². The highest BCUT2D eigenvalue weighted by Crippen LogP contribution is 2.13. The number of carboxylic acid groups (broad SMARTS) is 3. The van der Waals surface area contributed by atoms with Crippen molar-refractivity contribution >= 4 is 71.1 Å². The summed E-state index contributed by atoms with van der Waals surface area (Å²) in [7, 11) is 0. The fraction of sp³-hybridized carbons (Fsp3) is 0.647. The molecule has 18 N–H and O–H groups in total. The van der Waals surface area contributed by atoms with Crippen molar-refractivity contribution in [1.29, 1.82) is 0 Å². The molecular formula is C51H83N11O17. The van der Waals surface area contributed by atoms with Crippen molar-refractivity contribution in [1.82, 2.24) is 47.9 Å². The number of aliphatic hydroxyl groups is 2. The zero-order valence-electron chi connectivity index (χ0n) is 46.0. The lowest BCUT2D eigenvalue weighted by Gasteiger charge is -2.28. The topological polar surface area (TPSA) is 466 Å². The van der Waals surface area contributed by atoms with Crippen LogP contribution in [0.3, 0.4) is 0 Å². The predicted molar refractivity (Wildman–Crippen MR) is 283 cm³/mol. The second-order valence-corrected chi connectivity index (χ2v) is 20.5. The van der Waals surface area contributed by atoms with Crippen LogP contribution in [0.2, 0.25) is 0 Å². The van der Waals surface area contributed by atoms with Gasteiger partial charge >= 0.3 is 17.9 Å². The van der Waals surface area contributed by atoms with Crippen molar-refractivity contribution in [2.45, 2.75) is 180 Å². The fourth-order valence-corrected chi connectivity index (χ4v) is 7.67. The molecule has 1 rings (SSSR count). The Morgan fingerprint density at radius 3 is 1.43 bits per heavy atom. The van der Waals surface area contributed by atoms with Crippen LogP contribution < -0.4 is 59.3 Å². The van der Waals surface area contributed by atoms with E-state index in [4.69, 9.17) is 11.5 Å². The molecule has 0 aliphatic rings. The predicted octanol–water partition coefficient (Wildman–Crippen LogP) is -3.39. The molecule has 9 amide bonds. The number of amides is 9. The zero-order valence-corrected chi connectivity index (χ0v) is 46.0. The summed E-state index contributed by atoms with van der Waals surface area (Å²) in [4.78, 5) is 157. The van der Waals surface area contributed by atoms with E-state index in [1.165, 1.54) is 6.92 Å². The number of hydrogen-bond acceptors (Lipinski definition) is 16. The third-order valence-electron chi connectivity index (χ3n) is 12.0. The Bertz CT molecular complexity index is 2230. The molecule has 0 aliphatic heterocycles. The number of aliphatic carboxylic acids is 3. The minimum atomic E-state index is -1.98. The average Bonchev–Trinajstić information content (AvgIpc) is 3.35. The molecule has 1 aromatic carbocycles. The fourth-order valence-electron chi connectivity index (χ4n) is 7.67. The molecule has 0 aromatic heterocycles. The molecule has 444 valence electrons. The molecular weight excluding hydrogens is 1040 g/mol. The van der Waals surface area contributed by atoms with Gasteiger partial charge in [-0.1, -0.05) is 71.9 Å². The highest BCUT2D eigenvalue weighted by molar-refractivity contribution is 5.99. The molecule has 0 unspecified atom stereocenters. The molecule has 0 saturated carbocycles. The van der Waals surface area contributed by atoms with E-state index in [9.17, 15) is 83.1 Å². The third-order valence-corrected chi connectivity index (χ3v) is 12.0. The maximum absolute atomic E-state index is 14.0. The maximum Gasteiger partial charge on any atom is 0.326 e. The molecule has 0 heterocycles. The Hall–Kier alpha value is -7.30. The van der Waals surface area contributed by atoms with Gasteiger partial charge in [0.05, 0.1) is 25.2 Å². The Morgan fingerprint density at radius 1 is 0.494 bits per heavy atom. The van der Waals surface area contributed by atoms with Gasteiger partial charge in [0.1, 0.15) is 54.4 Å². The molecule has 0 bridgehead atoms. The van der Waals surface area contributed by atoms with Gasteiger partial charge in [-0.2, -0.15) is 0 Å². The molecule has 0 spiro atoms. The molecule has 79 heavy (non-hydrogen) atoms. The number of rotatable bonds is 37. The van der Waals surface area contributed by atoms with Crippen molar-refractivity contribution in [2.75, 3.05) is 13.1 Å².